The molecular formula is C16H24FNO3. The molecule has 0 saturated heterocycles. The van der Waals surface area contributed by atoms with Gasteiger partial charge in [-0.2, -0.15) is 0 Å². The van der Waals surface area contributed by atoms with E-state index in [4.69, 9.17) is 9.47 Å². The summed E-state index contributed by atoms with van der Waals surface area (Å²) in [6.07, 6.45) is 0.476. The highest BCUT2D eigenvalue weighted by atomic mass is 19.1. The van der Waals surface area contributed by atoms with Gasteiger partial charge in [0.05, 0.1) is 6.61 Å². The van der Waals surface area contributed by atoms with Crippen LogP contribution in [0.15, 0.2) is 18.2 Å². The van der Waals surface area contributed by atoms with Crippen molar-refractivity contribution in [2.45, 2.75) is 45.8 Å². The third kappa shape index (κ3) is 5.01. The van der Waals surface area contributed by atoms with Crippen LogP contribution in [0.2, 0.25) is 0 Å². The van der Waals surface area contributed by atoms with Crippen LogP contribution in [0.4, 0.5) is 4.39 Å². The molecule has 0 amide bonds. The molecule has 0 aliphatic carbocycles. The maximum absolute atomic E-state index is 14.1. The molecule has 0 aromatic heterocycles. The van der Waals surface area contributed by atoms with E-state index in [0.717, 1.165) is 12.0 Å². The van der Waals surface area contributed by atoms with Gasteiger partial charge in [0, 0.05) is 6.04 Å². The molecule has 0 aliphatic heterocycles. The molecule has 0 saturated carbocycles. The number of esters is 1. The molecular weight excluding hydrogens is 273 g/mol. The van der Waals surface area contributed by atoms with E-state index in [1.165, 1.54) is 6.07 Å². The molecule has 0 fully saturated rings. The Morgan fingerprint density at radius 1 is 1.38 bits per heavy atom. The number of benzene rings is 1. The van der Waals surface area contributed by atoms with E-state index in [9.17, 15) is 9.18 Å². The van der Waals surface area contributed by atoms with Gasteiger partial charge in [0.25, 0.3) is 0 Å². The first-order chi connectivity index (χ1) is 10.0. The lowest BCUT2D eigenvalue weighted by Gasteiger charge is -2.18. The maximum atomic E-state index is 14.1. The molecule has 0 bridgehead atoms. The highest BCUT2D eigenvalue weighted by Gasteiger charge is 2.22. The Morgan fingerprint density at radius 3 is 2.62 bits per heavy atom. The lowest BCUT2D eigenvalue weighted by molar-refractivity contribution is -0.151. The Kier molecular flexibility index (Phi) is 7.15. The van der Waals surface area contributed by atoms with Gasteiger partial charge >= 0.3 is 5.97 Å². The number of carbonyl (C=O) groups is 1. The normalized spacial score (nSPS) is 13.6. The summed E-state index contributed by atoms with van der Waals surface area (Å²) < 4.78 is 24.5. The van der Waals surface area contributed by atoms with Gasteiger partial charge < -0.3 is 14.8 Å². The van der Waals surface area contributed by atoms with E-state index in [2.05, 4.69) is 5.32 Å². The van der Waals surface area contributed by atoms with Gasteiger partial charge in [0.15, 0.2) is 17.7 Å². The standard InChI is InChI=1S/C16H24FNO3/c1-5-7-15(16(19)20-6-2)21-14-9-8-12(10-13(14)17)11(3)18-4/h8-11,15,18H,5-7H2,1-4H3. The summed E-state index contributed by atoms with van der Waals surface area (Å²) in [7, 11) is 1.81. The Bertz CT molecular complexity index is 465. The van der Waals surface area contributed by atoms with Crippen LogP contribution in [0.5, 0.6) is 5.75 Å². The lowest BCUT2D eigenvalue weighted by atomic mass is 10.1. The fourth-order valence-corrected chi connectivity index (χ4v) is 1.92. The fraction of sp³-hybridized carbons (Fsp3) is 0.562. The average molecular weight is 297 g/mol. The molecule has 4 nitrogen and oxygen atoms in total. The number of nitrogens with one attached hydrogen (secondary N) is 1. The van der Waals surface area contributed by atoms with Crippen LogP contribution in [0.3, 0.4) is 0 Å². The molecule has 0 aliphatic rings. The second kappa shape index (κ2) is 8.62. The van der Waals surface area contributed by atoms with E-state index >= 15 is 0 Å². The molecule has 1 aromatic rings. The van der Waals surface area contributed by atoms with Crippen LogP contribution < -0.4 is 10.1 Å². The molecule has 0 heterocycles. The SMILES string of the molecule is CCCC(Oc1ccc(C(C)NC)cc1F)C(=O)OCC. The largest absolute Gasteiger partial charge is 0.476 e. The first-order valence-electron chi connectivity index (χ1n) is 7.33. The zero-order valence-electron chi connectivity index (χ0n) is 13.1. The first-order valence-corrected chi connectivity index (χ1v) is 7.33. The maximum Gasteiger partial charge on any atom is 0.347 e. The van der Waals surface area contributed by atoms with Crippen LogP contribution in [0.1, 0.15) is 45.2 Å². The topological polar surface area (TPSA) is 47.6 Å². The smallest absolute Gasteiger partial charge is 0.347 e. The number of halogens is 1. The van der Waals surface area contributed by atoms with E-state index < -0.39 is 17.9 Å². The Balaban J connectivity index is 2.86. The minimum atomic E-state index is -0.767. The van der Waals surface area contributed by atoms with Gasteiger partial charge in [0.2, 0.25) is 0 Å². The zero-order valence-corrected chi connectivity index (χ0v) is 13.1. The number of rotatable bonds is 8. The Labute approximate surface area is 125 Å². The minimum absolute atomic E-state index is 0.0463. The second-order valence-corrected chi connectivity index (χ2v) is 4.85. The third-order valence-corrected chi connectivity index (χ3v) is 3.26. The molecule has 0 radical (unpaired) electrons. The summed E-state index contributed by atoms with van der Waals surface area (Å²) in [5.74, 6) is -0.847. The summed E-state index contributed by atoms with van der Waals surface area (Å²) in [5, 5.41) is 3.04. The Morgan fingerprint density at radius 2 is 2.10 bits per heavy atom. The summed E-state index contributed by atoms with van der Waals surface area (Å²) in [4.78, 5) is 11.8. The minimum Gasteiger partial charge on any atom is -0.476 e. The van der Waals surface area contributed by atoms with Crippen LogP contribution in [-0.4, -0.2) is 25.7 Å². The van der Waals surface area contributed by atoms with Crippen molar-refractivity contribution in [1.82, 2.24) is 5.32 Å². The van der Waals surface area contributed by atoms with Gasteiger partial charge in [-0.3, -0.25) is 0 Å². The van der Waals surface area contributed by atoms with E-state index in [1.807, 2.05) is 20.9 Å². The molecule has 2 atom stereocenters. The molecule has 0 spiro atoms. The van der Waals surface area contributed by atoms with Crippen molar-refractivity contribution in [1.29, 1.82) is 0 Å². The molecule has 5 heteroatoms. The lowest BCUT2D eigenvalue weighted by Crippen LogP contribution is -2.29. The Hall–Kier alpha value is -1.62. The molecule has 1 rings (SSSR count). The average Bonchev–Trinajstić information content (AvgIpc) is 2.47. The van der Waals surface area contributed by atoms with Crippen LogP contribution >= 0.6 is 0 Å². The molecule has 2 unspecified atom stereocenters. The molecule has 21 heavy (non-hydrogen) atoms. The quantitative estimate of drug-likeness (QED) is 0.748. The molecule has 1 aromatic carbocycles. The van der Waals surface area contributed by atoms with Crippen molar-refractivity contribution in [3.63, 3.8) is 0 Å². The van der Waals surface area contributed by atoms with Crippen molar-refractivity contribution in [2.75, 3.05) is 13.7 Å². The summed E-state index contributed by atoms with van der Waals surface area (Å²) in [5.41, 5.74) is 0.825. The van der Waals surface area contributed by atoms with Gasteiger partial charge in [-0.1, -0.05) is 19.4 Å². The number of hydrogen-bond acceptors (Lipinski definition) is 4. The van der Waals surface area contributed by atoms with Gasteiger partial charge in [-0.25, -0.2) is 9.18 Å². The molecule has 1 N–H and O–H groups in total. The van der Waals surface area contributed by atoms with Crippen LogP contribution in [0, 0.1) is 5.82 Å². The van der Waals surface area contributed by atoms with Crippen molar-refractivity contribution < 1.29 is 18.7 Å². The number of carbonyl (C=O) groups excluding carboxylic acids is 1. The predicted octanol–water partition coefficient (Wildman–Crippen LogP) is 3.22. The van der Waals surface area contributed by atoms with E-state index in [-0.39, 0.29) is 18.4 Å². The van der Waals surface area contributed by atoms with Gasteiger partial charge in [-0.15, -0.1) is 0 Å². The monoisotopic (exact) mass is 297 g/mol. The van der Waals surface area contributed by atoms with Crippen molar-refractivity contribution in [3.8, 4) is 5.75 Å². The zero-order chi connectivity index (χ0) is 15.8. The highest BCUT2D eigenvalue weighted by molar-refractivity contribution is 5.75. The molecule has 118 valence electrons. The highest BCUT2D eigenvalue weighted by Crippen LogP contribution is 2.24. The van der Waals surface area contributed by atoms with Crippen molar-refractivity contribution in [2.24, 2.45) is 0 Å². The van der Waals surface area contributed by atoms with Crippen molar-refractivity contribution in [3.05, 3.63) is 29.6 Å². The van der Waals surface area contributed by atoms with Gasteiger partial charge in [0.1, 0.15) is 0 Å². The number of hydrogen-bond donors (Lipinski definition) is 1. The first kappa shape index (κ1) is 17.4. The second-order valence-electron chi connectivity index (χ2n) is 4.85. The number of ether oxygens (including phenoxy) is 2. The summed E-state index contributed by atoms with van der Waals surface area (Å²) in [6, 6.07) is 4.81. The summed E-state index contributed by atoms with van der Waals surface area (Å²) in [6.45, 7) is 5.89. The predicted molar refractivity (Wildman–Crippen MR) is 79.8 cm³/mol. The van der Waals surface area contributed by atoms with E-state index in [1.54, 1.807) is 19.1 Å². The van der Waals surface area contributed by atoms with Gasteiger partial charge in [-0.05, 0) is 45.0 Å². The van der Waals surface area contributed by atoms with Crippen molar-refractivity contribution >= 4 is 5.97 Å². The van der Waals surface area contributed by atoms with Crippen LogP contribution in [0.25, 0.3) is 0 Å². The third-order valence-electron chi connectivity index (χ3n) is 3.26. The van der Waals surface area contributed by atoms with E-state index in [0.29, 0.717) is 6.42 Å². The summed E-state index contributed by atoms with van der Waals surface area (Å²) >= 11 is 0. The van der Waals surface area contributed by atoms with Crippen LogP contribution in [-0.2, 0) is 9.53 Å². The fourth-order valence-electron chi connectivity index (χ4n) is 1.92.